The Labute approximate surface area is 143 Å². The first-order valence-corrected chi connectivity index (χ1v) is 8.97. The minimum absolute atomic E-state index is 0.113. The summed E-state index contributed by atoms with van der Waals surface area (Å²) >= 11 is 0. The van der Waals surface area contributed by atoms with E-state index in [4.69, 9.17) is 4.74 Å². The third-order valence-electron chi connectivity index (χ3n) is 5.41. The average molecular weight is 323 g/mol. The zero-order valence-corrected chi connectivity index (χ0v) is 14.0. The molecule has 1 aliphatic carbocycles. The van der Waals surface area contributed by atoms with Crippen LogP contribution in [0.25, 0.3) is 0 Å². The monoisotopic (exact) mass is 323 g/mol. The van der Waals surface area contributed by atoms with E-state index in [1.54, 1.807) is 0 Å². The van der Waals surface area contributed by atoms with E-state index in [1.807, 2.05) is 24.3 Å². The molecule has 0 aromatic heterocycles. The quantitative estimate of drug-likeness (QED) is 0.910. The fraction of sp³-hybridized carbons (Fsp3) is 0.429. The summed E-state index contributed by atoms with van der Waals surface area (Å²) in [7, 11) is 0. The van der Waals surface area contributed by atoms with Gasteiger partial charge in [0, 0.05) is 18.6 Å². The third kappa shape index (κ3) is 3.19. The Bertz CT molecular complexity index is 673. The maximum Gasteiger partial charge on any atom is 0.120 e. The standard InChI is InChI=1S/C21H25NO2/c23-19-9-13-22(14-10-19)21(11-12-21)18-7-4-8-20(15-18)24-16-17-5-2-1-3-6-17/h1-8,15,19,23H,9-14,16H2. The Morgan fingerprint density at radius 1 is 1.00 bits per heavy atom. The van der Waals surface area contributed by atoms with Crippen LogP contribution in [0.2, 0.25) is 0 Å². The Balaban J connectivity index is 1.46. The topological polar surface area (TPSA) is 32.7 Å². The van der Waals surface area contributed by atoms with Crippen molar-refractivity contribution in [3.05, 3.63) is 65.7 Å². The molecule has 0 amide bonds. The zero-order valence-electron chi connectivity index (χ0n) is 14.0. The van der Waals surface area contributed by atoms with Crippen LogP contribution in [0.1, 0.15) is 36.8 Å². The third-order valence-corrected chi connectivity index (χ3v) is 5.41. The molecule has 2 aromatic rings. The highest BCUT2D eigenvalue weighted by atomic mass is 16.5. The van der Waals surface area contributed by atoms with Gasteiger partial charge < -0.3 is 9.84 Å². The first kappa shape index (κ1) is 15.7. The van der Waals surface area contributed by atoms with Crippen molar-refractivity contribution in [1.29, 1.82) is 0 Å². The van der Waals surface area contributed by atoms with E-state index in [0.717, 1.165) is 31.7 Å². The number of hydrogen-bond acceptors (Lipinski definition) is 3. The lowest BCUT2D eigenvalue weighted by Crippen LogP contribution is -2.42. The Morgan fingerprint density at radius 2 is 1.75 bits per heavy atom. The lowest BCUT2D eigenvalue weighted by Gasteiger charge is -2.37. The van der Waals surface area contributed by atoms with Gasteiger partial charge >= 0.3 is 0 Å². The van der Waals surface area contributed by atoms with Crippen LogP contribution in [0.15, 0.2) is 54.6 Å². The van der Waals surface area contributed by atoms with Crippen LogP contribution in [0, 0.1) is 0 Å². The van der Waals surface area contributed by atoms with Crippen molar-refractivity contribution in [3.8, 4) is 5.75 Å². The summed E-state index contributed by atoms with van der Waals surface area (Å²) in [6, 6.07) is 18.9. The van der Waals surface area contributed by atoms with Crippen molar-refractivity contribution >= 4 is 0 Å². The van der Waals surface area contributed by atoms with Crippen molar-refractivity contribution in [3.63, 3.8) is 0 Å². The fourth-order valence-electron chi connectivity index (χ4n) is 3.82. The number of likely N-dealkylation sites (tertiary alicyclic amines) is 1. The molecule has 0 atom stereocenters. The van der Waals surface area contributed by atoms with Crippen LogP contribution in [0.4, 0.5) is 0 Å². The molecule has 3 nitrogen and oxygen atoms in total. The molecular weight excluding hydrogens is 298 g/mol. The lowest BCUT2D eigenvalue weighted by atomic mass is 9.98. The molecule has 1 N–H and O–H groups in total. The average Bonchev–Trinajstić information content (AvgIpc) is 3.44. The number of ether oxygens (including phenoxy) is 1. The second-order valence-electron chi connectivity index (χ2n) is 7.05. The maximum absolute atomic E-state index is 9.76. The molecule has 2 aromatic carbocycles. The number of benzene rings is 2. The predicted molar refractivity (Wildman–Crippen MR) is 94.9 cm³/mol. The van der Waals surface area contributed by atoms with E-state index >= 15 is 0 Å². The van der Waals surface area contributed by atoms with Gasteiger partial charge in [0.25, 0.3) is 0 Å². The van der Waals surface area contributed by atoms with Crippen LogP contribution in [0.3, 0.4) is 0 Å². The van der Waals surface area contributed by atoms with Gasteiger partial charge in [0.2, 0.25) is 0 Å². The van der Waals surface area contributed by atoms with E-state index < -0.39 is 0 Å². The van der Waals surface area contributed by atoms with E-state index in [0.29, 0.717) is 6.61 Å². The predicted octanol–water partition coefficient (Wildman–Crippen LogP) is 3.71. The molecule has 0 unspecified atom stereocenters. The summed E-state index contributed by atoms with van der Waals surface area (Å²) in [5, 5.41) is 9.76. The first-order valence-electron chi connectivity index (χ1n) is 8.97. The van der Waals surface area contributed by atoms with Gasteiger partial charge in [-0.2, -0.15) is 0 Å². The second-order valence-corrected chi connectivity index (χ2v) is 7.05. The molecule has 0 radical (unpaired) electrons. The Hall–Kier alpha value is -1.84. The lowest BCUT2D eigenvalue weighted by molar-refractivity contribution is 0.0521. The second kappa shape index (κ2) is 6.58. The van der Waals surface area contributed by atoms with Gasteiger partial charge in [-0.1, -0.05) is 42.5 Å². The smallest absolute Gasteiger partial charge is 0.120 e. The summed E-state index contributed by atoms with van der Waals surface area (Å²) in [6.07, 6.45) is 4.10. The zero-order chi connectivity index (χ0) is 16.4. The van der Waals surface area contributed by atoms with Crippen molar-refractivity contribution in [2.75, 3.05) is 13.1 Å². The van der Waals surface area contributed by atoms with Gasteiger partial charge in [0.05, 0.1) is 6.10 Å². The normalized spacial score (nSPS) is 20.7. The summed E-state index contributed by atoms with van der Waals surface area (Å²) in [4.78, 5) is 2.57. The largest absolute Gasteiger partial charge is 0.489 e. The molecule has 24 heavy (non-hydrogen) atoms. The van der Waals surface area contributed by atoms with E-state index in [9.17, 15) is 5.11 Å². The Kier molecular flexibility index (Phi) is 4.30. The van der Waals surface area contributed by atoms with Crippen LogP contribution in [-0.4, -0.2) is 29.2 Å². The van der Waals surface area contributed by atoms with Gasteiger partial charge in [0.15, 0.2) is 0 Å². The molecule has 1 heterocycles. The minimum Gasteiger partial charge on any atom is -0.489 e. The van der Waals surface area contributed by atoms with Gasteiger partial charge in [-0.05, 0) is 48.9 Å². The SMILES string of the molecule is OC1CCN(C2(c3cccc(OCc4ccccc4)c3)CC2)CC1. The number of aliphatic hydroxyl groups is 1. The van der Waals surface area contributed by atoms with E-state index in [-0.39, 0.29) is 11.6 Å². The molecule has 1 aliphatic heterocycles. The molecular formula is C21H25NO2. The molecule has 1 saturated heterocycles. The van der Waals surface area contributed by atoms with Crippen LogP contribution in [-0.2, 0) is 12.1 Å². The molecule has 4 rings (SSSR count). The highest BCUT2D eigenvalue weighted by molar-refractivity contribution is 5.37. The molecule has 0 bridgehead atoms. The number of aliphatic hydroxyl groups excluding tert-OH is 1. The van der Waals surface area contributed by atoms with Crippen LogP contribution >= 0.6 is 0 Å². The molecule has 0 spiro atoms. The highest BCUT2D eigenvalue weighted by Crippen LogP contribution is 2.52. The van der Waals surface area contributed by atoms with Gasteiger partial charge in [-0.3, -0.25) is 4.90 Å². The van der Waals surface area contributed by atoms with Crippen LogP contribution in [0.5, 0.6) is 5.75 Å². The van der Waals surface area contributed by atoms with Crippen molar-refractivity contribution in [2.24, 2.45) is 0 Å². The number of piperidine rings is 1. The minimum atomic E-state index is -0.113. The van der Waals surface area contributed by atoms with Gasteiger partial charge in [-0.25, -0.2) is 0 Å². The molecule has 126 valence electrons. The van der Waals surface area contributed by atoms with Crippen molar-refractivity contribution < 1.29 is 9.84 Å². The van der Waals surface area contributed by atoms with Gasteiger partial charge in [-0.15, -0.1) is 0 Å². The summed E-state index contributed by atoms with van der Waals surface area (Å²) in [6.45, 7) is 2.60. The molecule has 2 fully saturated rings. The molecule has 1 saturated carbocycles. The number of hydrogen-bond donors (Lipinski definition) is 1. The van der Waals surface area contributed by atoms with E-state index in [1.165, 1.54) is 24.0 Å². The number of nitrogens with zero attached hydrogens (tertiary/aromatic N) is 1. The first-order chi connectivity index (χ1) is 11.8. The summed E-state index contributed by atoms with van der Waals surface area (Å²) in [5.74, 6) is 0.944. The highest BCUT2D eigenvalue weighted by Gasteiger charge is 2.49. The Morgan fingerprint density at radius 3 is 2.46 bits per heavy atom. The van der Waals surface area contributed by atoms with Crippen molar-refractivity contribution in [1.82, 2.24) is 4.90 Å². The fourth-order valence-corrected chi connectivity index (χ4v) is 3.82. The summed E-state index contributed by atoms with van der Waals surface area (Å²) in [5.41, 5.74) is 2.74. The van der Waals surface area contributed by atoms with Gasteiger partial charge in [0.1, 0.15) is 12.4 Å². The van der Waals surface area contributed by atoms with E-state index in [2.05, 4.69) is 35.2 Å². The number of rotatable bonds is 5. The molecule has 2 aliphatic rings. The maximum atomic E-state index is 9.76. The van der Waals surface area contributed by atoms with Crippen molar-refractivity contribution in [2.45, 2.75) is 43.9 Å². The summed E-state index contributed by atoms with van der Waals surface area (Å²) < 4.78 is 6.00. The molecule has 3 heteroatoms. The van der Waals surface area contributed by atoms with Crippen LogP contribution < -0.4 is 4.74 Å².